The van der Waals surface area contributed by atoms with Gasteiger partial charge in [0.1, 0.15) is 5.57 Å². The fourth-order valence-corrected chi connectivity index (χ4v) is 2.62. The molecular weight excluding hydrogens is 220 g/mol. The Labute approximate surface area is 102 Å². The minimum absolute atomic E-state index is 0.159. The summed E-state index contributed by atoms with van der Waals surface area (Å²) in [4.78, 5) is 11.6. The number of ether oxygens (including phenoxy) is 2. The average Bonchev–Trinajstić information content (AvgIpc) is 2.30. The molecule has 0 unspecified atom stereocenters. The van der Waals surface area contributed by atoms with E-state index in [9.17, 15) is 9.90 Å². The number of aliphatic hydroxyl groups is 1. The number of esters is 1. The highest BCUT2D eigenvalue weighted by Crippen LogP contribution is 2.41. The molecule has 1 N–H and O–H groups in total. The summed E-state index contributed by atoms with van der Waals surface area (Å²) in [6.45, 7) is 3.69. The highest BCUT2D eigenvalue weighted by Gasteiger charge is 2.45. The van der Waals surface area contributed by atoms with E-state index in [1.54, 1.807) is 0 Å². The third kappa shape index (κ3) is 2.40. The van der Waals surface area contributed by atoms with Gasteiger partial charge in [-0.25, -0.2) is 4.79 Å². The van der Waals surface area contributed by atoms with Crippen LogP contribution in [0.15, 0.2) is 11.5 Å². The molecular formula is C13H20O4. The van der Waals surface area contributed by atoms with Crippen molar-refractivity contribution in [2.24, 2.45) is 5.92 Å². The van der Waals surface area contributed by atoms with Crippen molar-refractivity contribution in [2.45, 2.75) is 58.2 Å². The van der Waals surface area contributed by atoms with Gasteiger partial charge in [-0.3, -0.25) is 0 Å². The first-order valence-corrected chi connectivity index (χ1v) is 6.38. The molecule has 0 radical (unpaired) electrons. The Hall–Kier alpha value is -1.19. The van der Waals surface area contributed by atoms with Crippen LogP contribution in [-0.2, 0) is 14.3 Å². The Morgan fingerprint density at radius 2 is 2.00 bits per heavy atom. The lowest BCUT2D eigenvalue weighted by atomic mass is 9.82. The van der Waals surface area contributed by atoms with E-state index in [1.165, 1.54) is 19.8 Å². The van der Waals surface area contributed by atoms with Crippen molar-refractivity contribution < 1.29 is 19.4 Å². The molecule has 17 heavy (non-hydrogen) atoms. The molecule has 0 aromatic carbocycles. The second-order valence-corrected chi connectivity index (χ2v) is 5.06. The zero-order chi connectivity index (χ0) is 12.5. The van der Waals surface area contributed by atoms with Crippen LogP contribution in [0.3, 0.4) is 0 Å². The SMILES string of the molecule is CCCC1CCC2(CC1)OC(=O)C(C)=C(O)O2. The first-order chi connectivity index (χ1) is 8.06. The molecule has 2 aliphatic rings. The van der Waals surface area contributed by atoms with Crippen LogP contribution in [0.25, 0.3) is 0 Å². The molecule has 1 aliphatic heterocycles. The van der Waals surface area contributed by atoms with Crippen LogP contribution >= 0.6 is 0 Å². The fourth-order valence-electron chi connectivity index (χ4n) is 2.62. The second kappa shape index (κ2) is 4.59. The molecule has 0 saturated heterocycles. The third-order valence-electron chi connectivity index (χ3n) is 3.75. The predicted octanol–water partition coefficient (Wildman–Crippen LogP) is 3.04. The first-order valence-electron chi connectivity index (χ1n) is 6.38. The van der Waals surface area contributed by atoms with E-state index in [2.05, 4.69) is 6.92 Å². The van der Waals surface area contributed by atoms with Crippen molar-refractivity contribution in [1.29, 1.82) is 0 Å². The second-order valence-electron chi connectivity index (χ2n) is 5.06. The van der Waals surface area contributed by atoms with Gasteiger partial charge in [-0.15, -0.1) is 0 Å². The Balaban J connectivity index is 2.02. The maximum Gasteiger partial charge on any atom is 0.344 e. The maximum absolute atomic E-state index is 11.6. The molecule has 0 amide bonds. The topological polar surface area (TPSA) is 55.8 Å². The van der Waals surface area contributed by atoms with Crippen molar-refractivity contribution in [1.82, 2.24) is 0 Å². The molecule has 0 bridgehead atoms. The predicted molar refractivity (Wildman–Crippen MR) is 62.1 cm³/mol. The first kappa shape index (κ1) is 12.3. The van der Waals surface area contributed by atoms with Crippen molar-refractivity contribution in [2.75, 3.05) is 0 Å². The monoisotopic (exact) mass is 240 g/mol. The largest absolute Gasteiger partial charge is 0.481 e. The highest BCUT2D eigenvalue weighted by molar-refractivity contribution is 5.88. The molecule has 1 aliphatic carbocycles. The fraction of sp³-hybridized carbons (Fsp3) is 0.769. The standard InChI is InChI=1S/C13H20O4/c1-3-4-10-5-7-13(8-6-10)16-11(14)9(2)12(15)17-13/h10,14H,3-8H2,1-2H3. The van der Waals surface area contributed by atoms with E-state index in [4.69, 9.17) is 9.47 Å². The Morgan fingerprint density at radius 3 is 2.53 bits per heavy atom. The maximum atomic E-state index is 11.6. The molecule has 1 saturated carbocycles. The van der Waals surface area contributed by atoms with Gasteiger partial charge in [-0.1, -0.05) is 19.8 Å². The number of carbonyl (C=O) groups excluding carboxylic acids is 1. The number of hydrogen-bond acceptors (Lipinski definition) is 4. The van der Waals surface area contributed by atoms with E-state index in [-0.39, 0.29) is 11.5 Å². The average molecular weight is 240 g/mol. The van der Waals surface area contributed by atoms with E-state index in [0.29, 0.717) is 18.8 Å². The quantitative estimate of drug-likeness (QED) is 0.754. The van der Waals surface area contributed by atoms with Gasteiger partial charge in [0, 0.05) is 12.8 Å². The lowest BCUT2D eigenvalue weighted by Gasteiger charge is -2.41. The Morgan fingerprint density at radius 1 is 1.35 bits per heavy atom. The lowest BCUT2D eigenvalue weighted by molar-refractivity contribution is -0.252. The molecule has 1 spiro atoms. The van der Waals surface area contributed by atoms with Gasteiger partial charge >= 0.3 is 5.97 Å². The minimum atomic E-state index is -0.898. The summed E-state index contributed by atoms with van der Waals surface area (Å²) < 4.78 is 10.8. The summed E-state index contributed by atoms with van der Waals surface area (Å²) in [7, 11) is 0. The zero-order valence-corrected chi connectivity index (χ0v) is 10.5. The van der Waals surface area contributed by atoms with Gasteiger partial charge in [0.05, 0.1) is 0 Å². The highest BCUT2D eigenvalue weighted by atomic mass is 16.8. The van der Waals surface area contributed by atoms with Crippen LogP contribution < -0.4 is 0 Å². The van der Waals surface area contributed by atoms with Crippen LogP contribution in [0.1, 0.15) is 52.4 Å². The van der Waals surface area contributed by atoms with Gasteiger partial charge in [-0.05, 0) is 25.7 Å². The van der Waals surface area contributed by atoms with Gasteiger partial charge in [0.15, 0.2) is 0 Å². The number of carbonyl (C=O) groups is 1. The molecule has 1 fully saturated rings. The van der Waals surface area contributed by atoms with E-state index < -0.39 is 11.8 Å². The summed E-state index contributed by atoms with van der Waals surface area (Å²) in [6, 6.07) is 0. The van der Waals surface area contributed by atoms with Crippen LogP contribution in [0.2, 0.25) is 0 Å². The molecule has 0 aromatic rings. The summed E-state index contributed by atoms with van der Waals surface area (Å²) in [5.74, 6) is -0.926. The molecule has 0 aromatic heterocycles. The summed E-state index contributed by atoms with van der Waals surface area (Å²) >= 11 is 0. The van der Waals surface area contributed by atoms with E-state index >= 15 is 0 Å². The molecule has 1 heterocycles. The zero-order valence-electron chi connectivity index (χ0n) is 10.5. The van der Waals surface area contributed by atoms with Crippen LogP contribution in [0.5, 0.6) is 0 Å². The van der Waals surface area contributed by atoms with Gasteiger partial charge in [0.25, 0.3) is 11.7 Å². The Kier molecular flexibility index (Phi) is 3.31. The number of aliphatic hydroxyl groups excluding tert-OH is 1. The lowest BCUT2D eigenvalue weighted by Crippen LogP contribution is -2.44. The van der Waals surface area contributed by atoms with Crippen LogP contribution in [-0.4, -0.2) is 16.9 Å². The molecule has 4 nitrogen and oxygen atoms in total. The summed E-state index contributed by atoms with van der Waals surface area (Å²) in [6.07, 6.45) is 5.75. The molecule has 0 atom stereocenters. The Bertz CT molecular complexity index is 337. The third-order valence-corrected chi connectivity index (χ3v) is 3.75. The molecule has 96 valence electrons. The van der Waals surface area contributed by atoms with E-state index in [0.717, 1.165) is 12.8 Å². The van der Waals surface area contributed by atoms with Crippen molar-refractivity contribution in [3.63, 3.8) is 0 Å². The van der Waals surface area contributed by atoms with Gasteiger partial charge in [0.2, 0.25) is 0 Å². The summed E-state index contributed by atoms with van der Waals surface area (Å²) in [5, 5.41) is 9.59. The smallest absolute Gasteiger partial charge is 0.344 e. The minimum Gasteiger partial charge on any atom is -0.481 e. The molecule has 2 rings (SSSR count). The molecule has 4 heteroatoms. The normalized spacial score (nSPS) is 33.5. The number of hydrogen-bond donors (Lipinski definition) is 1. The van der Waals surface area contributed by atoms with Crippen molar-refractivity contribution in [3.8, 4) is 0 Å². The number of rotatable bonds is 2. The van der Waals surface area contributed by atoms with Crippen LogP contribution in [0, 0.1) is 5.92 Å². The van der Waals surface area contributed by atoms with Gasteiger partial charge in [-0.2, -0.15) is 0 Å². The van der Waals surface area contributed by atoms with Crippen LogP contribution in [0.4, 0.5) is 0 Å². The van der Waals surface area contributed by atoms with Crippen molar-refractivity contribution >= 4 is 5.97 Å². The van der Waals surface area contributed by atoms with Crippen molar-refractivity contribution in [3.05, 3.63) is 11.5 Å². The summed E-state index contributed by atoms with van der Waals surface area (Å²) in [5.41, 5.74) is 0.159. The van der Waals surface area contributed by atoms with E-state index in [1.807, 2.05) is 0 Å². The van der Waals surface area contributed by atoms with Gasteiger partial charge < -0.3 is 14.6 Å².